The maximum Gasteiger partial charge on any atom is 0.327 e. The highest BCUT2D eigenvalue weighted by Crippen LogP contribution is 2.28. The van der Waals surface area contributed by atoms with Gasteiger partial charge < -0.3 is 21.5 Å². The van der Waals surface area contributed by atoms with Crippen LogP contribution in [0.5, 0.6) is 0 Å². The standard InChI is InChI=1S/C15H24N4O2/c1-15(2,3)18-6-7-19(13(9-18)14(20)21)10-4-5-11(16)12(17)8-10/h4-5,8,13H,6-7,9,16-17H2,1-3H3,(H,20,21). The molecular formula is C15H24N4O2. The largest absolute Gasteiger partial charge is 0.480 e. The van der Waals surface area contributed by atoms with Gasteiger partial charge in [0.15, 0.2) is 0 Å². The van der Waals surface area contributed by atoms with Crippen molar-refractivity contribution in [1.29, 1.82) is 0 Å². The van der Waals surface area contributed by atoms with Gasteiger partial charge in [-0.3, -0.25) is 4.90 Å². The molecule has 116 valence electrons. The van der Waals surface area contributed by atoms with Gasteiger partial charge in [-0.25, -0.2) is 4.79 Å². The van der Waals surface area contributed by atoms with Crippen LogP contribution in [0.1, 0.15) is 20.8 Å². The summed E-state index contributed by atoms with van der Waals surface area (Å²) in [6.07, 6.45) is 0. The van der Waals surface area contributed by atoms with Crippen molar-refractivity contribution in [1.82, 2.24) is 4.90 Å². The number of aliphatic carboxylic acids is 1. The van der Waals surface area contributed by atoms with E-state index in [-0.39, 0.29) is 5.54 Å². The molecule has 1 fully saturated rings. The number of rotatable bonds is 2. The fraction of sp³-hybridized carbons (Fsp3) is 0.533. The average molecular weight is 292 g/mol. The van der Waals surface area contributed by atoms with Gasteiger partial charge in [0, 0.05) is 30.9 Å². The van der Waals surface area contributed by atoms with Crippen LogP contribution >= 0.6 is 0 Å². The van der Waals surface area contributed by atoms with E-state index in [1.54, 1.807) is 12.1 Å². The topological polar surface area (TPSA) is 95.8 Å². The van der Waals surface area contributed by atoms with E-state index in [4.69, 9.17) is 11.5 Å². The number of carbonyl (C=O) groups is 1. The summed E-state index contributed by atoms with van der Waals surface area (Å²) in [6, 6.07) is 4.72. The molecule has 21 heavy (non-hydrogen) atoms. The summed E-state index contributed by atoms with van der Waals surface area (Å²) in [5.74, 6) is -0.820. The van der Waals surface area contributed by atoms with E-state index in [0.717, 1.165) is 12.2 Å². The van der Waals surface area contributed by atoms with Crippen LogP contribution in [0, 0.1) is 0 Å². The molecule has 1 aliphatic rings. The van der Waals surface area contributed by atoms with Crippen LogP contribution in [0.15, 0.2) is 18.2 Å². The average Bonchev–Trinajstić information content (AvgIpc) is 2.40. The van der Waals surface area contributed by atoms with Crippen molar-refractivity contribution >= 4 is 23.0 Å². The lowest BCUT2D eigenvalue weighted by molar-refractivity contribution is -0.140. The molecule has 0 bridgehead atoms. The summed E-state index contributed by atoms with van der Waals surface area (Å²) in [4.78, 5) is 15.7. The number of piperazine rings is 1. The van der Waals surface area contributed by atoms with Crippen LogP contribution in [0.3, 0.4) is 0 Å². The second-order valence-electron chi connectivity index (χ2n) is 6.48. The summed E-state index contributed by atoms with van der Waals surface area (Å²) >= 11 is 0. The first-order valence-corrected chi connectivity index (χ1v) is 7.09. The van der Waals surface area contributed by atoms with Gasteiger partial charge in [0.05, 0.1) is 11.4 Å². The maximum absolute atomic E-state index is 11.6. The third kappa shape index (κ3) is 3.21. The van der Waals surface area contributed by atoms with Crippen LogP contribution in [0.25, 0.3) is 0 Å². The molecule has 1 aliphatic heterocycles. The van der Waals surface area contributed by atoms with Crippen molar-refractivity contribution in [2.75, 3.05) is 36.0 Å². The molecular weight excluding hydrogens is 268 g/mol. The molecule has 6 heteroatoms. The van der Waals surface area contributed by atoms with E-state index in [0.29, 0.717) is 24.5 Å². The number of hydrogen-bond acceptors (Lipinski definition) is 5. The van der Waals surface area contributed by atoms with Crippen LogP contribution in [-0.4, -0.2) is 47.2 Å². The van der Waals surface area contributed by atoms with E-state index >= 15 is 0 Å². The number of nitrogen functional groups attached to an aromatic ring is 2. The van der Waals surface area contributed by atoms with Crippen LogP contribution in [-0.2, 0) is 4.79 Å². The van der Waals surface area contributed by atoms with Gasteiger partial charge in [-0.2, -0.15) is 0 Å². The number of hydrogen-bond donors (Lipinski definition) is 3. The molecule has 0 radical (unpaired) electrons. The van der Waals surface area contributed by atoms with Crippen molar-refractivity contribution in [2.24, 2.45) is 0 Å². The lowest BCUT2D eigenvalue weighted by Gasteiger charge is -2.46. The normalized spacial score (nSPS) is 20.5. The minimum Gasteiger partial charge on any atom is -0.480 e. The zero-order valence-corrected chi connectivity index (χ0v) is 12.8. The summed E-state index contributed by atoms with van der Waals surface area (Å²) < 4.78 is 0. The lowest BCUT2D eigenvalue weighted by Crippen LogP contribution is -2.60. The molecule has 0 aromatic heterocycles. The molecule has 5 N–H and O–H groups in total. The molecule has 0 amide bonds. The van der Waals surface area contributed by atoms with E-state index in [1.807, 2.05) is 11.0 Å². The Morgan fingerprint density at radius 2 is 1.90 bits per heavy atom. The van der Waals surface area contributed by atoms with Gasteiger partial charge in [-0.1, -0.05) is 0 Å². The molecule has 0 saturated carbocycles. The van der Waals surface area contributed by atoms with Crippen molar-refractivity contribution in [3.05, 3.63) is 18.2 Å². The minimum atomic E-state index is -0.820. The van der Waals surface area contributed by atoms with Crippen molar-refractivity contribution in [3.63, 3.8) is 0 Å². The summed E-state index contributed by atoms with van der Waals surface area (Å²) in [7, 11) is 0. The Kier molecular flexibility index (Phi) is 4.00. The van der Waals surface area contributed by atoms with Gasteiger partial charge in [-0.05, 0) is 39.0 Å². The minimum absolute atomic E-state index is 0.0417. The van der Waals surface area contributed by atoms with Gasteiger partial charge >= 0.3 is 5.97 Å². The Morgan fingerprint density at radius 3 is 2.43 bits per heavy atom. The number of benzene rings is 1. The summed E-state index contributed by atoms with van der Waals surface area (Å²) in [6.45, 7) is 8.26. The number of nitrogens with two attached hydrogens (primary N) is 2. The molecule has 0 spiro atoms. The second kappa shape index (κ2) is 5.44. The third-order valence-electron chi connectivity index (χ3n) is 4.02. The molecule has 6 nitrogen and oxygen atoms in total. The van der Waals surface area contributed by atoms with Crippen LogP contribution in [0.4, 0.5) is 17.1 Å². The SMILES string of the molecule is CC(C)(C)N1CCN(c2ccc(N)c(N)c2)C(C(=O)O)C1. The molecule has 1 atom stereocenters. The summed E-state index contributed by atoms with van der Waals surface area (Å²) in [5, 5.41) is 9.55. The Bertz CT molecular complexity index is 539. The Morgan fingerprint density at radius 1 is 1.24 bits per heavy atom. The fourth-order valence-electron chi connectivity index (χ4n) is 2.65. The number of anilines is 3. The van der Waals surface area contributed by atoms with E-state index in [2.05, 4.69) is 25.7 Å². The molecule has 2 rings (SSSR count). The van der Waals surface area contributed by atoms with E-state index in [9.17, 15) is 9.90 Å². The zero-order chi connectivity index (χ0) is 15.8. The Balaban J connectivity index is 2.27. The molecule has 0 aliphatic carbocycles. The monoisotopic (exact) mass is 292 g/mol. The first-order chi connectivity index (χ1) is 9.70. The van der Waals surface area contributed by atoms with Crippen molar-refractivity contribution < 1.29 is 9.90 Å². The predicted octanol–water partition coefficient (Wildman–Crippen LogP) is 1.22. The molecule has 1 saturated heterocycles. The zero-order valence-electron chi connectivity index (χ0n) is 12.8. The van der Waals surface area contributed by atoms with Gasteiger partial charge in [0.1, 0.15) is 6.04 Å². The van der Waals surface area contributed by atoms with Crippen LogP contribution in [0.2, 0.25) is 0 Å². The quantitative estimate of drug-likeness (QED) is 0.709. The van der Waals surface area contributed by atoms with Crippen molar-refractivity contribution in [2.45, 2.75) is 32.4 Å². The van der Waals surface area contributed by atoms with Gasteiger partial charge in [-0.15, -0.1) is 0 Å². The molecule has 1 unspecified atom stereocenters. The fourth-order valence-corrected chi connectivity index (χ4v) is 2.65. The highest BCUT2D eigenvalue weighted by molar-refractivity contribution is 5.80. The second-order valence-corrected chi connectivity index (χ2v) is 6.48. The highest BCUT2D eigenvalue weighted by atomic mass is 16.4. The van der Waals surface area contributed by atoms with Gasteiger partial charge in [0.2, 0.25) is 0 Å². The first kappa shape index (κ1) is 15.4. The van der Waals surface area contributed by atoms with E-state index < -0.39 is 12.0 Å². The first-order valence-electron chi connectivity index (χ1n) is 7.09. The third-order valence-corrected chi connectivity index (χ3v) is 4.02. The smallest absolute Gasteiger partial charge is 0.327 e. The maximum atomic E-state index is 11.6. The van der Waals surface area contributed by atoms with Crippen LogP contribution < -0.4 is 16.4 Å². The lowest BCUT2D eigenvalue weighted by atomic mass is 10.0. The Hall–Kier alpha value is -1.95. The summed E-state index contributed by atoms with van der Waals surface area (Å²) in [5.41, 5.74) is 13.3. The van der Waals surface area contributed by atoms with Crippen molar-refractivity contribution in [3.8, 4) is 0 Å². The molecule has 1 aromatic carbocycles. The Labute approximate surface area is 125 Å². The number of nitrogens with zero attached hydrogens (tertiary/aromatic N) is 2. The van der Waals surface area contributed by atoms with Gasteiger partial charge in [0.25, 0.3) is 0 Å². The highest BCUT2D eigenvalue weighted by Gasteiger charge is 2.36. The number of carboxylic acid groups (broad SMARTS) is 1. The van der Waals surface area contributed by atoms with E-state index in [1.165, 1.54) is 0 Å². The number of carboxylic acids is 1. The molecule has 1 aromatic rings. The predicted molar refractivity (Wildman–Crippen MR) is 85.4 cm³/mol. The molecule has 1 heterocycles.